The Hall–Kier alpha value is -1.00. The molecule has 110 valence electrons. The van der Waals surface area contributed by atoms with Gasteiger partial charge in [-0.2, -0.15) is 0 Å². The van der Waals surface area contributed by atoms with Gasteiger partial charge in [-0.1, -0.05) is 6.92 Å². The van der Waals surface area contributed by atoms with Crippen LogP contribution in [0.4, 0.5) is 0 Å². The minimum atomic E-state index is 0. The van der Waals surface area contributed by atoms with Crippen LogP contribution in [0.3, 0.4) is 0 Å². The summed E-state index contributed by atoms with van der Waals surface area (Å²) in [6.07, 6.45) is 0. The van der Waals surface area contributed by atoms with Gasteiger partial charge >= 0.3 is 0 Å². The maximum absolute atomic E-state index is 12.1. The van der Waals surface area contributed by atoms with E-state index in [1.54, 1.807) is 0 Å². The van der Waals surface area contributed by atoms with Gasteiger partial charge in [-0.05, 0) is 40.3 Å². The van der Waals surface area contributed by atoms with E-state index in [0.717, 1.165) is 30.0 Å². The number of nitrogens with one attached hydrogen (secondary N) is 2. The van der Waals surface area contributed by atoms with E-state index >= 15 is 0 Å². The summed E-state index contributed by atoms with van der Waals surface area (Å²) in [6, 6.07) is 2.35. The molecule has 0 unspecified atom stereocenters. The van der Waals surface area contributed by atoms with E-state index in [-0.39, 0.29) is 18.3 Å². The molecule has 5 heteroatoms. The smallest absolute Gasteiger partial charge is 0.253 e. The normalized spacial score (nSPS) is 10.4. The minimum Gasteiger partial charge on any atom is -0.351 e. The second kappa shape index (κ2) is 8.23. The lowest BCUT2D eigenvalue weighted by atomic mass is 10.2. The first-order valence-electron chi connectivity index (χ1n) is 6.66. The van der Waals surface area contributed by atoms with Gasteiger partial charge in [0.2, 0.25) is 0 Å². The fourth-order valence-corrected chi connectivity index (χ4v) is 2.34. The molecule has 1 amide bonds. The van der Waals surface area contributed by atoms with Crippen LogP contribution in [0.5, 0.6) is 0 Å². The topological polar surface area (TPSA) is 46.1 Å². The van der Waals surface area contributed by atoms with Gasteiger partial charge in [0.25, 0.3) is 5.91 Å². The summed E-state index contributed by atoms with van der Waals surface area (Å²) in [5.41, 5.74) is 2.97. The average Bonchev–Trinajstić information content (AvgIpc) is 2.60. The molecule has 0 aliphatic heterocycles. The summed E-state index contributed by atoms with van der Waals surface area (Å²) >= 11 is 0. The third kappa shape index (κ3) is 4.55. The fraction of sp³-hybridized carbons (Fsp3) is 0.643. The van der Waals surface area contributed by atoms with Crippen molar-refractivity contribution in [1.82, 2.24) is 15.2 Å². The second-order valence-corrected chi connectivity index (χ2v) is 4.86. The van der Waals surface area contributed by atoms with Crippen molar-refractivity contribution < 1.29 is 4.79 Å². The molecule has 1 aromatic heterocycles. The van der Waals surface area contributed by atoms with E-state index in [4.69, 9.17) is 0 Å². The Kier molecular flexibility index (Phi) is 7.79. The molecule has 0 aromatic carbocycles. The van der Waals surface area contributed by atoms with E-state index < -0.39 is 0 Å². The van der Waals surface area contributed by atoms with E-state index in [1.165, 1.54) is 0 Å². The van der Waals surface area contributed by atoms with Gasteiger partial charge in [0.1, 0.15) is 0 Å². The number of aromatic nitrogens is 1. The highest BCUT2D eigenvalue weighted by molar-refractivity contribution is 5.95. The number of nitrogens with zero attached hydrogens (tertiary/aromatic N) is 1. The van der Waals surface area contributed by atoms with Crippen LogP contribution in [0.15, 0.2) is 6.07 Å². The highest BCUT2D eigenvalue weighted by Crippen LogP contribution is 2.19. The zero-order valence-electron chi connectivity index (χ0n) is 12.5. The molecule has 1 rings (SSSR count). The van der Waals surface area contributed by atoms with Crippen LogP contribution in [-0.2, 0) is 0 Å². The predicted octanol–water partition coefficient (Wildman–Crippen LogP) is 2.45. The molecule has 0 aliphatic carbocycles. The highest BCUT2D eigenvalue weighted by atomic mass is 35.5. The monoisotopic (exact) mass is 287 g/mol. The standard InChI is InChI=1S/C14H25N3O.ClH/c1-6-15-7-8-16-14(18)13-9-11(4)17(10(2)3)12(13)5;/h9-10,15H,6-8H2,1-5H3,(H,16,18);1H. The zero-order valence-corrected chi connectivity index (χ0v) is 13.4. The first-order valence-corrected chi connectivity index (χ1v) is 6.66. The number of aryl methyl sites for hydroxylation is 1. The molecule has 2 N–H and O–H groups in total. The van der Waals surface area contributed by atoms with Gasteiger partial charge in [-0.3, -0.25) is 4.79 Å². The summed E-state index contributed by atoms with van der Waals surface area (Å²) in [5.74, 6) is 0.0212. The third-order valence-corrected chi connectivity index (χ3v) is 3.08. The Bertz CT molecular complexity index is 413. The molecule has 0 radical (unpaired) electrons. The molecular weight excluding hydrogens is 262 g/mol. The van der Waals surface area contributed by atoms with E-state index in [9.17, 15) is 4.79 Å². The Balaban J connectivity index is 0.00000324. The Morgan fingerprint density at radius 1 is 1.32 bits per heavy atom. The number of hydrogen-bond acceptors (Lipinski definition) is 2. The second-order valence-electron chi connectivity index (χ2n) is 4.86. The number of carbonyl (C=O) groups excluding carboxylic acids is 1. The Morgan fingerprint density at radius 2 is 1.95 bits per heavy atom. The number of likely N-dealkylation sites (N-methyl/N-ethyl adjacent to an activating group) is 1. The van der Waals surface area contributed by atoms with Crippen LogP contribution in [0.25, 0.3) is 0 Å². The molecule has 1 aromatic rings. The summed E-state index contributed by atoms with van der Waals surface area (Å²) in [5, 5.41) is 6.12. The molecule has 0 saturated heterocycles. The Morgan fingerprint density at radius 3 is 2.42 bits per heavy atom. The number of amides is 1. The Labute approximate surface area is 122 Å². The summed E-state index contributed by atoms with van der Waals surface area (Å²) < 4.78 is 2.19. The third-order valence-electron chi connectivity index (χ3n) is 3.08. The van der Waals surface area contributed by atoms with Crippen LogP contribution < -0.4 is 10.6 Å². The van der Waals surface area contributed by atoms with Gasteiger partial charge in [-0.15, -0.1) is 12.4 Å². The minimum absolute atomic E-state index is 0. The van der Waals surface area contributed by atoms with Crippen molar-refractivity contribution in [3.63, 3.8) is 0 Å². The maximum Gasteiger partial charge on any atom is 0.253 e. The molecule has 1 heterocycles. The lowest BCUT2D eigenvalue weighted by molar-refractivity contribution is 0.0953. The highest BCUT2D eigenvalue weighted by Gasteiger charge is 2.16. The fourth-order valence-electron chi connectivity index (χ4n) is 2.34. The molecule has 0 saturated carbocycles. The summed E-state index contributed by atoms with van der Waals surface area (Å²) in [4.78, 5) is 12.1. The van der Waals surface area contributed by atoms with Gasteiger partial charge in [0.05, 0.1) is 5.56 Å². The van der Waals surface area contributed by atoms with E-state index in [0.29, 0.717) is 12.6 Å². The van der Waals surface area contributed by atoms with Gasteiger partial charge in [0, 0.05) is 30.5 Å². The lowest BCUT2D eigenvalue weighted by Crippen LogP contribution is -2.31. The van der Waals surface area contributed by atoms with Crippen molar-refractivity contribution in [2.24, 2.45) is 0 Å². The number of halogens is 1. The maximum atomic E-state index is 12.1. The van der Waals surface area contributed by atoms with Crippen LogP contribution in [0.1, 0.15) is 48.6 Å². The first kappa shape index (κ1) is 18.0. The van der Waals surface area contributed by atoms with E-state index in [1.807, 2.05) is 19.9 Å². The van der Waals surface area contributed by atoms with E-state index in [2.05, 4.69) is 36.0 Å². The quantitative estimate of drug-likeness (QED) is 0.790. The predicted molar refractivity (Wildman–Crippen MR) is 82.4 cm³/mol. The number of hydrogen-bond donors (Lipinski definition) is 2. The first-order chi connectivity index (χ1) is 8.49. The molecular formula is C14H26ClN3O. The van der Waals surface area contributed by atoms with Crippen molar-refractivity contribution in [2.75, 3.05) is 19.6 Å². The van der Waals surface area contributed by atoms with Crippen molar-refractivity contribution in [1.29, 1.82) is 0 Å². The van der Waals surface area contributed by atoms with Gasteiger partial charge < -0.3 is 15.2 Å². The summed E-state index contributed by atoms with van der Waals surface area (Å²) in [7, 11) is 0. The van der Waals surface area contributed by atoms with Crippen molar-refractivity contribution >= 4 is 18.3 Å². The number of carbonyl (C=O) groups is 1. The lowest BCUT2D eigenvalue weighted by Gasteiger charge is -2.13. The average molecular weight is 288 g/mol. The summed E-state index contributed by atoms with van der Waals surface area (Å²) in [6.45, 7) is 12.8. The van der Waals surface area contributed by atoms with Crippen LogP contribution in [-0.4, -0.2) is 30.1 Å². The number of rotatable bonds is 6. The molecule has 0 aliphatic rings. The molecule has 0 bridgehead atoms. The largest absolute Gasteiger partial charge is 0.351 e. The van der Waals surface area contributed by atoms with Crippen LogP contribution in [0, 0.1) is 13.8 Å². The molecule has 0 spiro atoms. The molecule has 0 fully saturated rings. The van der Waals surface area contributed by atoms with Gasteiger partial charge in [-0.25, -0.2) is 0 Å². The zero-order chi connectivity index (χ0) is 13.7. The van der Waals surface area contributed by atoms with Crippen LogP contribution >= 0.6 is 12.4 Å². The van der Waals surface area contributed by atoms with Crippen molar-refractivity contribution in [3.05, 3.63) is 23.0 Å². The van der Waals surface area contributed by atoms with Crippen molar-refractivity contribution in [3.8, 4) is 0 Å². The molecule has 4 nitrogen and oxygen atoms in total. The SMILES string of the molecule is CCNCCNC(=O)c1cc(C)n(C(C)C)c1C.Cl. The van der Waals surface area contributed by atoms with Crippen molar-refractivity contribution in [2.45, 2.75) is 40.7 Å². The molecule has 0 atom stereocenters. The van der Waals surface area contributed by atoms with Crippen LogP contribution in [0.2, 0.25) is 0 Å². The molecule has 19 heavy (non-hydrogen) atoms. The van der Waals surface area contributed by atoms with Gasteiger partial charge in [0.15, 0.2) is 0 Å².